The summed E-state index contributed by atoms with van der Waals surface area (Å²) in [5.74, 6) is -1.11. The van der Waals surface area contributed by atoms with Gasteiger partial charge in [-0.3, -0.25) is 9.59 Å². The van der Waals surface area contributed by atoms with E-state index in [-0.39, 0.29) is 18.3 Å². The fourth-order valence-electron chi connectivity index (χ4n) is 3.36. The molecule has 0 aromatic heterocycles. The predicted octanol–water partition coefficient (Wildman–Crippen LogP) is 6.50. The van der Waals surface area contributed by atoms with Crippen LogP contribution in [-0.4, -0.2) is 11.9 Å². The van der Waals surface area contributed by atoms with E-state index in [4.69, 9.17) is 0 Å². The molecule has 0 aliphatic carbocycles. The molecule has 1 heterocycles. The first-order chi connectivity index (χ1) is 12.2. The van der Waals surface area contributed by atoms with Crippen molar-refractivity contribution in [1.29, 1.82) is 0 Å². The Morgan fingerprint density at radius 3 is 1.72 bits per heavy atom. The Kier molecular flexibility index (Phi) is 13.3. The highest BCUT2D eigenvalue weighted by Crippen LogP contribution is 2.18. The van der Waals surface area contributed by atoms with Crippen LogP contribution in [0.5, 0.6) is 0 Å². The van der Waals surface area contributed by atoms with Gasteiger partial charge in [-0.15, -0.1) is 0 Å². The number of rotatable bonds is 16. The summed E-state index contributed by atoms with van der Waals surface area (Å²) >= 11 is 0. The van der Waals surface area contributed by atoms with Crippen LogP contribution in [0.2, 0.25) is 0 Å². The molecule has 1 aliphatic rings. The second-order valence-electron chi connectivity index (χ2n) is 7.42. The SMILES string of the molecule is CCCCCCCCCCCCCCCCC=C[C@@H]1CC(=O)OC1=O. The summed E-state index contributed by atoms with van der Waals surface area (Å²) in [6, 6.07) is 0. The topological polar surface area (TPSA) is 43.4 Å². The van der Waals surface area contributed by atoms with Crippen molar-refractivity contribution in [2.45, 2.75) is 110 Å². The average Bonchev–Trinajstić information content (AvgIpc) is 2.92. The lowest BCUT2D eigenvalue weighted by Crippen LogP contribution is -2.03. The van der Waals surface area contributed by atoms with Crippen molar-refractivity contribution in [2.75, 3.05) is 0 Å². The Morgan fingerprint density at radius 1 is 0.800 bits per heavy atom. The molecule has 0 bridgehead atoms. The molecule has 0 unspecified atom stereocenters. The summed E-state index contributed by atoms with van der Waals surface area (Å²) < 4.78 is 4.52. The van der Waals surface area contributed by atoms with Crippen LogP contribution >= 0.6 is 0 Å². The molecule has 0 spiro atoms. The smallest absolute Gasteiger partial charge is 0.321 e. The molecule has 0 radical (unpaired) electrons. The summed E-state index contributed by atoms with van der Waals surface area (Å²) in [4.78, 5) is 22.2. The van der Waals surface area contributed by atoms with Crippen LogP contribution in [0.4, 0.5) is 0 Å². The first-order valence-corrected chi connectivity index (χ1v) is 10.6. The number of cyclic esters (lactones) is 2. The van der Waals surface area contributed by atoms with E-state index >= 15 is 0 Å². The van der Waals surface area contributed by atoms with Gasteiger partial charge in [-0.05, 0) is 12.8 Å². The molecule has 0 aromatic rings. The number of hydrogen-bond acceptors (Lipinski definition) is 3. The maximum absolute atomic E-state index is 11.3. The second-order valence-corrected chi connectivity index (χ2v) is 7.42. The Bertz CT molecular complexity index is 387. The van der Waals surface area contributed by atoms with Gasteiger partial charge in [0.15, 0.2) is 0 Å². The number of hydrogen-bond donors (Lipinski definition) is 0. The molecule has 144 valence electrons. The van der Waals surface area contributed by atoms with Crippen molar-refractivity contribution >= 4 is 11.9 Å². The predicted molar refractivity (Wildman–Crippen MR) is 103 cm³/mol. The fraction of sp³-hybridized carbons (Fsp3) is 0.818. The molecule has 1 rings (SSSR count). The van der Waals surface area contributed by atoms with E-state index in [1.807, 2.05) is 12.2 Å². The van der Waals surface area contributed by atoms with Gasteiger partial charge in [-0.25, -0.2) is 0 Å². The van der Waals surface area contributed by atoms with Crippen molar-refractivity contribution in [2.24, 2.45) is 5.92 Å². The molecule has 25 heavy (non-hydrogen) atoms. The summed E-state index contributed by atoms with van der Waals surface area (Å²) in [5, 5.41) is 0. The molecule has 1 saturated heterocycles. The Morgan fingerprint density at radius 2 is 1.28 bits per heavy atom. The van der Waals surface area contributed by atoms with Crippen molar-refractivity contribution in [3.8, 4) is 0 Å². The zero-order chi connectivity index (χ0) is 18.2. The van der Waals surface area contributed by atoms with Gasteiger partial charge < -0.3 is 4.74 Å². The first kappa shape index (κ1) is 21.9. The Hall–Kier alpha value is -1.12. The van der Waals surface area contributed by atoms with Crippen LogP contribution in [-0.2, 0) is 14.3 Å². The van der Waals surface area contributed by atoms with Crippen LogP contribution in [0.1, 0.15) is 110 Å². The van der Waals surface area contributed by atoms with Gasteiger partial charge >= 0.3 is 11.9 Å². The normalized spacial score (nSPS) is 17.6. The highest BCUT2D eigenvalue weighted by molar-refractivity contribution is 5.95. The van der Waals surface area contributed by atoms with Crippen LogP contribution in [0, 0.1) is 5.92 Å². The molecule has 3 nitrogen and oxygen atoms in total. The second kappa shape index (κ2) is 15.2. The van der Waals surface area contributed by atoms with Gasteiger partial charge in [-0.1, -0.05) is 103 Å². The van der Waals surface area contributed by atoms with Crippen LogP contribution in [0.25, 0.3) is 0 Å². The van der Waals surface area contributed by atoms with Crippen molar-refractivity contribution in [1.82, 2.24) is 0 Å². The lowest BCUT2D eigenvalue weighted by Gasteiger charge is -2.03. The summed E-state index contributed by atoms with van der Waals surface area (Å²) in [6.45, 7) is 2.27. The summed E-state index contributed by atoms with van der Waals surface area (Å²) in [5.41, 5.74) is 0. The molecular formula is C22H38O3. The molecule has 1 fully saturated rings. The van der Waals surface area contributed by atoms with Gasteiger partial charge in [0.25, 0.3) is 0 Å². The third-order valence-electron chi connectivity index (χ3n) is 5.00. The Balaban J connectivity index is 1.77. The van der Waals surface area contributed by atoms with Crippen LogP contribution in [0.3, 0.4) is 0 Å². The molecule has 1 atom stereocenters. The average molecular weight is 351 g/mol. The highest BCUT2D eigenvalue weighted by Gasteiger charge is 2.30. The quantitative estimate of drug-likeness (QED) is 0.138. The minimum Gasteiger partial charge on any atom is -0.393 e. The number of carbonyl (C=O) groups excluding carboxylic acids is 2. The van der Waals surface area contributed by atoms with Crippen LogP contribution < -0.4 is 0 Å². The molecule has 0 amide bonds. The molecule has 1 aliphatic heterocycles. The number of esters is 2. The maximum atomic E-state index is 11.3. The first-order valence-electron chi connectivity index (χ1n) is 10.6. The number of unbranched alkanes of at least 4 members (excludes halogenated alkanes) is 14. The monoisotopic (exact) mass is 350 g/mol. The minimum atomic E-state index is -0.392. The van der Waals surface area contributed by atoms with E-state index in [0.29, 0.717) is 0 Å². The van der Waals surface area contributed by atoms with E-state index in [9.17, 15) is 9.59 Å². The number of ether oxygens (including phenoxy) is 1. The van der Waals surface area contributed by atoms with Crippen molar-refractivity contribution in [3.63, 3.8) is 0 Å². The lowest BCUT2D eigenvalue weighted by atomic mass is 10.0. The fourth-order valence-corrected chi connectivity index (χ4v) is 3.36. The molecular weight excluding hydrogens is 312 g/mol. The zero-order valence-electron chi connectivity index (χ0n) is 16.3. The van der Waals surface area contributed by atoms with Gasteiger partial charge in [0, 0.05) is 0 Å². The summed E-state index contributed by atoms with van der Waals surface area (Å²) in [6.07, 6.45) is 24.2. The van der Waals surface area contributed by atoms with Crippen molar-refractivity contribution < 1.29 is 14.3 Å². The van der Waals surface area contributed by atoms with Crippen LogP contribution in [0.15, 0.2) is 12.2 Å². The standard InChI is InChI=1S/C22H38O3/c1-2-3-4-5-6-7-8-9-10-11-12-13-14-15-16-17-18-20-19-21(23)25-22(20)24/h17-18,20H,2-16,19H2,1H3/t20-/m1/s1. The lowest BCUT2D eigenvalue weighted by molar-refractivity contribution is -0.152. The van der Waals surface area contributed by atoms with Gasteiger partial charge in [0.05, 0.1) is 12.3 Å². The Labute approximate surface area is 154 Å². The number of allylic oxidation sites excluding steroid dienone is 1. The van der Waals surface area contributed by atoms with Gasteiger partial charge in [0.1, 0.15) is 0 Å². The van der Waals surface area contributed by atoms with Gasteiger partial charge in [-0.2, -0.15) is 0 Å². The number of carbonyl (C=O) groups is 2. The van der Waals surface area contributed by atoms with E-state index in [1.54, 1.807) is 0 Å². The largest absolute Gasteiger partial charge is 0.393 e. The molecule has 0 N–H and O–H groups in total. The van der Waals surface area contributed by atoms with E-state index in [1.165, 1.54) is 89.9 Å². The third kappa shape index (κ3) is 12.0. The molecule has 0 aromatic carbocycles. The maximum Gasteiger partial charge on any atom is 0.321 e. The van der Waals surface area contributed by atoms with E-state index < -0.39 is 5.97 Å². The minimum absolute atomic E-state index is 0.216. The summed E-state index contributed by atoms with van der Waals surface area (Å²) in [7, 11) is 0. The third-order valence-corrected chi connectivity index (χ3v) is 5.00. The zero-order valence-corrected chi connectivity index (χ0v) is 16.3. The molecule has 3 heteroatoms. The highest BCUT2D eigenvalue weighted by atomic mass is 16.6. The van der Waals surface area contributed by atoms with E-state index in [2.05, 4.69) is 11.7 Å². The molecule has 0 saturated carbocycles. The van der Waals surface area contributed by atoms with E-state index in [0.717, 1.165) is 6.42 Å². The van der Waals surface area contributed by atoms with Gasteiger partial charge in [0.2, 0.25) is 0 Å². The van der Waals surface area contributed by atoms with Crippen molar-refractivity contribution in [3.05, 3.63) is 12.2 Å².